The molecule has 0 N–H and O–H groups in total. The van der Waals surface area contributed by atoms with Gasteiger partial charge < -0.3 is 4.90 Å². The average molecular weight is 445 g/mol. The molecule has 1 amide bonds. The Morgan fingerprint density at radius 1 is 0.935 bits per heavy atom. The topological polar surface area (TPSA) is 47.9 Å². The molecule has 0 aliphatic carbocycles. The van der Waals surface area contributed by atoms with Gasteiger partial charge in [-0.3, -0.25) is 24.2 Å². The van der Waals surface area contributed by atoms with Crippen LogP contribution < -0.4 is 0 Å². The zero-order valence-corrected chi connectivity index (χ0v) is 20.0. The third kappa shape index (κ3) is 6.16. The molecule has 2 fully saturated rings. The summed E-state index contributed by atoms with van der Waals surface area (Å²) in [4.78, 5) is 22.1. The summed E-state index contributed by atoms with van der Waals surface area (Å²) in [5, 5.41) is 8.86. The SMILES string of the molecule is CC(C)(C)n1cc(CN2CCN(CC(=O)N3CCN(Cc4ccsc4)CC3)CC2)cn1. The maximum atomic E-state index is 12.8. The number of carbonyl (C=O) groups is 1. The Bertz CT molecular complexity index is 827. The van der Waals surface area contributed by atoms with E-state index in [2.05, 4.69) is 68.5 Å². The van der Waals surface area contributed by atoms with Crippen molar-refractivity contribution in [3.05, 3.63) is 40.3 Å². The molecule has 0 saturated carbocycles. The van der Waals surface area contributed by atoms with Crippen LogP contribution >= 0.6 is 11.3 Å². The van der Waals surface area contributed by atoms with Crippen molar-refractivity contribution in [2.45, 2.75) is 39.4 Å². The molecule has 2 aromatic rings. The lowest BCUT2D eigenvalue weighted by Crippen LogP contribution is -2.53. The third-order valence-electron chi connectivity index (χ3n) is 6.26. The average Bonchev–Trinajstić information content (AvgIpc) is 3.42. The van der Waals surface area contributed by atoms with Crippen molar-refractivity contribution in [1.82, 2.24) is 29.4 Å². The monoisotopic (exact) mass is 444 g/mol. The fraction of sp³-hybridized carbons (Fsp3) is 0.652. The quantitative estimate of drug-likeness (QED) is 0.683. The van der Waals surface area contributed by atoms with Gasteiger partial charge >= 0.3 is 0 Å². The van der Waals surface area contributed by atoms with Crippen molar-refractivity contribution in [1.29, 1.82) is 0 Å². The molecule has 0 atom stereocenters. The van der Waals surface area contributed by atoms with E-state index in [-0.39, 0.29) is 11.4 Å². The van der Waals surface area contributed by atoms with Gasteiger partial charge in [-0.1, -0.05) is 0 Å². The van der Waals surface area contributed by atoms with Gasteiger partial charge in [0.1, 0.15) is 0 Å². The van der Waals surface area contributed by atoms with Crippen molar-refractivity contribution in [3.8, 4) is 0 Å². The van der Waals surface area contributed by atoms with E-state index >= 15 is 0 Å². The molecular weight excluding hydrogens is 408 g/mol. The molecule has 0 bridgehead atoms. The molecule has 8 heteroatoms. The molecule has 170 valence electrons. The van der Waals surface area contributed by atoms with Gasteiger partial charge in [0, 0.05) is 77.2 Å². The number of piperazine rings is 2. The van der Waals surface area contributed by atoms with Gasteiger partial charge in [-0.2, -0.15) is 16.4 Å². The van der Waals surface area contributed by atoms with Crippen molar-refractivity contribution in [2.24, 2.45) is 0 Å². The number of amides is 1. The van der Waals surface area contributed by atoms with Gasteiger partial charge in [0.05, 0.1) is 18.3 Å². The largest absolute Gasteiger partial charge is 0.339 e. The highest BCUT2D eigenvalue weighted by Gasteiger charge is 2.25. The number of nitrogens with zero attached hydrogens (tertiary/aromatic N) is 6. The zero-order chi connectivity index (χ0) is 21.8. The predicted octanol–water partition coefficient (Wildman–Crippen LogP) is 2.16. The van der Waals surface area contributed by atoms with Gasteiger partial charge in [0.2, 0.25) is 5.91 Å². The first-order valence-corrected chi connectivity index (χ1v) is 12.3. The minimum atomic E-state index is 0.0205. The van der Waals surface area contributed by atoms with E-state index in [9.17, 15) is 4.79 Å². The molecule has 4 heterocycles. The third-order valence-corrected chi connectivity index (χ3v) is 7.00. The van der Waals surface area contributed by atoms with Crippen LogP contribution in [-0.4, -0.2) is 94.2 Å². The van der Waals surface area contributed by atoms with Crippen LogP contribution in [0, 0.1) is 0 Å². The second-order valence-corrected chi connectivity index (χ2v) is 10.6. The molecule has 31 heavy (non-hydrogen) atoms. The smallest absolute Gasteiger partial charge is 0.236 e. The Morgan fingerprint density at radius 3 is 2.13 bits per heavy atom. The normalized spacial score (nSPS) is 19.8. The van der Waals surface area contributed by atoms with Gasteiger partial charge in [-0.05, 0) is 43.2 Å². The van der Waals surface area contributed by atoms with Crippen LogP contribution in [0.5, 0.6) is 0 Å². The summed E-state index contributed by atoms with van der Waals surface area (Å²) in [5.41, 5.74) is 2.67. The molecule has 7 nitrogen and oxygen atoms in total. The van der Waals surface area contributed by atoms with E-state index < -0.39 is 0 Å². The van der Waals surface area contributed by atoms with Gasteiger partial charge in [0.25, 0.3) is 0 Å². The zero-order valence-electron chi connectivity index (χ0n) is 19.2. The molecule has 4 rings (SSSR count). The maximum Gasteiger partial charge on any atom is 0.236 e. The van der Waals surface area contributed by atoms with Crippen molar-refractivity contribution in [2.75, 3.05) is 58.9 Å². The second kappa shape index (κ2) is 9.81. The molecule has 0 radical (unpaired) electrons. The number of aromatic nitrogens is 2. The highest BCUT2D eigenvalue weighted by Crippen LogP contribution is 2.16. The first kappa shape index (κ1) is 22.5. The minimum Gasteiger partial charge on any atom is -0.339 e. The molecule has 2 saturated heterocycles. The highest BCUT2D eigenvalue weighted by molar-refractivity contribution is 7.07. The number of thiophene rings is 1. The van der Waals surface area contributed by atoms with Crippen LogP contribution in [0.25, 0.3) is 0 Å². The van der Waals surface area contributed by atoms with E-state index in [1.807, 2.05) is 10.9 Å². The van der Waals surface area contributed by atoms with Crippen LogP contribution in [0.15, 0.2) is 29.2 Å². The van der Waals surface area contributed by atoms with Gasteiger partial charge in [-0.15, -0.1) is 0 Å². The molecule has 0 aromatic carbocycles. The second-order valence-electron chi connectivity index (χ2n) is 9.80. The molecule has 0 spiro atoms. The summed E-state index contributed by atoms with van der Waals surface area (Å²) >= 11 is 1.75. The molecule has 0 unspecified atom stereocenters. The van der Waals surface area contributed by atoms with E-state index in [0.717, 1.165) is 65.4 Å². The lowest BCUT2D eigenvalue weighted by atomic mass is 10.1. The fourth-order valence-corrected chi connectivity index (χ4v) is 4.92. The predicted molar refractivity (Wildman–Crippen MR) is 125 cm³/mol. The van der Waals surface area contributed by atoms with Crippen LogP contribution in [-0.2, 0) is 23.4 Å². The summed E-state index contributed by atoms with van der Waals surface area (Å²) in [5.74, 6) is 0.287. The summed E-state index contributed by atoms with van der Waals surface area (Å²) in [6.07, 6.45) is 4.15. The Kier molecular flexibility index (Phi) is 7.11. The number of hydrogen-bond acceptors (Lipinski definition) is 6. The molecule has 2 aliphatic rings. The van der Waals surface area contributed by atoms with E-state index in [4.69, 9.17) is 0 Å². The van der Waals surface area contributed by atoms with E-state index in [1.165, 1.54) is 11.1 Å². The number of hydrogen-bond donors (Lipinski definition) is 0. The lowest BCUT2D eigenvalue weighted by Gasteiger charge is -2.38. The Balaban J connectivity index is 1.16. The van der Waals surface area contributed by atoms with Crippen LogP contribution in [0.1, 0.15) is 31.9 Å². The summed E-state index contributed by atoms with van der Waals surface area (Å²) in [7, 11) is 0. The summed E-state index contributed by atoms with van der Waals surface area (Å²) in [6, 6.07) is 2.19. The first-order valence-electron chi connectivity index (χ1n) is 11.4. The van der Waals surface area contributed by atoms with Crippen molar-refractivity contribution >= 4 is 17.2 Å². The first-order chi connectivity index (χ1) is 14.9. The van der Waals surface area contributed by atoms with Crippen LogP contribution in [0.4, 0.5) is 0 Å². The highest BCUT2D eigenvalue weighted by atomic mass is 32.1. The number of carbonyl (C=O) groups excluding carboxylic acids is 1. The van der Waals surface area contributed by atoms with Crippen molar-refractivity contribution in [3.63, 3.8) is 0 Å². The number of rotatable bonds is 6. The standard InChI is InChI=1S/C23H36N6OS/c1-23(2,3)29-17-21(14-24-29)16-25-5-7-27(8-6-25)18-22(30)28-11-9-26(10-12-28)15-20-4-13-31-19-20/h4,13-14,17,19H,5-12,15-16,18H2,1-3H3. The van der Waals surface area contributed by atoms with Gasteiger partial charge in [-0.25, -0.2) is 0 Å². The maximum absolute atomic E-state index is 12.8. The van der Waals surface area contributed by atoms with Crippen molar-refractivity contribution < 1.29 is 4.79 Å². The van der Waals surface area contributed by atoms with Crippen LogP contribution in [0.2, 0.25) is 0 Å². The fourth-order valence-electron chi connectivity index (χ4n) is 4.26. The minimum absolute atomic E-state index is 0.0205. The Hall–Kier alpha value is -1.74. The molecular formula is C23H36N6OS. The van der Waals surface area contributed by atoms with E-state index in [1.54, 1.807) is 11.3 Å². The lowest BCUT2D eigenvalue weighted by molar-refractivity contribution is -0.134. The Morgan fingerprint density at radius 2 is 1.55 bits per heavy atom. The summed E-state index contributed by atoms with van der Waals surface area (Å²) < 4.78 is 2.04. The molecule has 2 aliphatic heterocycles. The van der Waals surface area contributed by atoms with E-state index in [0.29, 0.717) is 6.54 Å². The van der Waals surface area contributed by atoms with Gasteiger partial charge in [0.15, 0.2) is 0 Å². The van der Waals surface area contributed by atoms with Crippen LogP contribution in [0.3, 0.4) is 0 Å². The molecule has 2 aromatic heterocycles. The Labute approximate surface area is 190 Å². The summed E-state index contributed by atoms with van der Waals surface area (Å²) in [6.45, 7) is 16.6.